The Kier molecular flexibility index (Phi) is 6.72. The molecule has 0 bridgehead atoms. The van der Waals surface area contributed by atoms with Gasteiger partial charge in [-0.05, 0) is 25.1 Å². The maximum Gasteiger partial charge on any atom is 0.293 e. The molecule has 0 aromatic heterocycles. The minimum Gasteiger partial charge on any atom is -0.378 e. The Morgan fingerprint density at radius 3 is 2.45 bits per heavy atom. The lowest BCUT2D eigenvalue weighted by atomic mass is 10.2. The van der Waals surface area contributed by atoms with Gasteiger partial charge in [0.05, 0.1) is 9.82 Å². The van der Waals surface area contributed by atoms with Gasteiger partial charge < -0.3 is 10.6 Å². The van der Waals surface area contributed by atoms with Gasteiger partial charge in [0.25, 0.3) is 5.69 Å². The number of benzene rings is 1. The molecule has 0 spiro atoms. The average molecular weight is 330 g/mol. The van der Waals surface area contributed by atoms with Crippen LogP contribution in [0.2, 0.25) is 0 Å². The fourth-order valence-electron chi connectivity index (χ4n) is 1.77. The molecule has 9 heteroatoms. The van der Waals surface area contributed by atoms with E-state index in [9.17, 15) is 18.5 Å². The Morgan fingerprint density at radius 2 is 1.91 bits per heavy atom. The lowest BCUT2D eigenvalue weighted by Crippen LogP contribution is -2.23. The topological polar surface area (TPSA) is 105 Å². The summed E-state index contributed by atoms with van der Waals surface area (Å²) in [4.78, 5) is 10.5. The molecule has 2 N–H and O–H groups in total. The Morgan fingerprint density at radius 1 is 1.23 bits per heavy atom. The average Bonchev–Trinajstić information content (AvgIpc) is 2.46. The summed E-state index contributed by atoms with van der Waals surface area (Å²) in [7, 11) is -0.930. The number of hydrogen-bond donors (Lipinski definition) is 2. The molecule has 0 aliphatic heterocycles. The zero-order valence-corrected chi connectivity index (χ0v) is 13.8. The number of nitrogens with zero attached hydrogens (tertiary/aromatic N) is 2. The number of hydrogen-bond acceptors (Lipinski definition) is 6. The molecule has 22 heavy (non-hydrogen) atoms. The quantitative estimate of drug-likeness (QED) is 0.401. The molecule has 1 rings (SSSR count). The summed E-state index contributed by atoms with van der Waals surface area (Å²) in [5.74, 6) is 0. The fraction of sp³-hybridized carbons (Fsp3) is 0.538. The highest BCUT2D eigenvalue weighted by molar-refractivity contribution is 7.89. The SMILES string of the molecule is CCCNCCNc1ccc(S(=O)(=O)N(C)C)cc1[N+](=O)[O-]. The third-order valence-corrected chi connectivity index (χ3v) is 4.80. The summed E-state index contributed by atoms with van der Waals surface area (Å²) in [5, 5.41) is 17.3. The van der Waals surface area contributed by atoms with Crippen molar-refractivity contribution in [1.82, 2.24) is 9.62 Å². The molecule has 1 aromatic carbocycles. The van der Waals surface area contributed by atoms with Crippen molar-refractivity contribution in [3.05, 3.63) is 28.3 Å². The van der Waals surface area contributed by atoms with E-state index in [0.29, 0.717) is 18.8 Å². The van der Waals surface area contributed by atoms with Gasteiger partial charge in [0.15, 0.2) is 0 Å². The molecule has 0 amide bonds. The first-order valence-electron chi connectivity index (χ1n) is 6.96. The smallest absolute Gasteiger partial charge is 0.293 e. The lowest BCUT2D eigenvalue weighted by Gasteiger charge is -2.13. The van der Waals surface area contributed by atoms with Gasteiger partial charge in [-0.3, -0.25) is 10.1 Å². The van der Waals surface area contributed by atoms with Crippen molar-refractivity contribution in [2.75, 3.05) is 39.0 Å². The monoisotopic (exact) mass is 330 g/mol. The number of anilines is 1. The molecule has 0 radical (unpaired) electrons. The van der Waals surface area contributed by atoms with Crippen LogP contribution in [-0.2, 0) is 10.0 Å². The van der Waals surface area contributed by atoms with Crippen LogP contribution in [0.1, 0.15) is 13.3 Å². The summed E-state index contributed by atoms with van der Waals surface area (Å²) in [6.45, 7) is 4.11. The van der Waals surface area contributed by atoms with Crippen molar-refractivity contribution in [2.45, 2.75) is 18.2 Å². The second kappa shape index (κ2) is 8.06. The predicted octanol–water partition coefficient (Wildman–Crippen LogP) is 1.26. The molecule has 0 heterocycles. The minimum atomic E-state index is -3.69. The van der Waals surface area contributed by atoms with Gasteiger partial charge in [0, 0.05) is 33.3 Å². The van der Waals surface area contributed by atoms with E-state index in [1.165, 1.54) is 26.2 Å². The normalized spacial score (nSPS) is 11.6. The standard InChI is InChI=1S/C13H22N4O4S/c1-4-7-14-8-9-15-12-6-5-11(10-13(12)17(18)19)22(20,21)16(2)3/h5-6,10,14-15H,4,7-9H2,1-3H3. The van der Waals surface area contributed by atoms with E-state index in [1.807, 2.05) is 0 Å². The molecule has 124 valence electrons. The van der Waals surface area contributed by atoms with Crippen molar-refractivity contribution < 1.29 is 13.3 Å². The van der Waals surface area contributed by atoms with Gasteiger partial charge in [-0.25, -0.2) is 12.7 Å². The maximum absolute atomic E-state index is 12.0. The van der Waals surface area contributed by atoms with Crippen LogP contribution in [0.3, 0.4) is 0 Å². The number of nitro benzene ring substituents is 1. The van der Waals surface area contributed by atoms with Crippen LogP contribution < -0.4 is 10.6 Å². The van der Waals surface area contributed by atoms with Gasteiger partial charge in [-0.1, -0.05) is 6.92 Å². The molecule has 0 unspecified atom stereocenters. The molecule has 8 nitrogen and oxygen atoms in total. The molecule has 0 saturated carbocycles. The third-order valence-electron chi connectivity index (χ3n) is 2.99. The van der Waals surface area contributed by atoms with Gasteiger partial charge in [-0.2, -0.15) is 0 Å². The van der Waals surface area contributed by atoms with Crippen molar-refractivity contribution in [2.24, 2.45) is 0 Å². The van der Waals surface area contributed by atoms with E-state index >= 15 is 0 Å². The lowest BCUT2D eigenvalue weighted by molar-refractivity contribution is -0.384. The van der Waals surface area contributed by atoms with E-state index in [1.54, 1.807) is 0 Å². The molecule has 0 saturated heterocycles. The number of sulfonamides is 1. The summed E-state index contributed by atoms with van der Waals surface area (Å²) < 4.78 is 25.1. The van der Waals surface area contributed by atoms with E-state index in [2.05, 4.69) is 17.6 Å². The van der Waals surface area contributed by atoms with Gasteiger partial charge in [0.1, 0.15) is 5.69 Å². The van der Waals surface area contributed by atoms with E-state index < -0.39 is 14.9 Å². The second-order valence-electron chi connectivity index (χ2n) is 4.90. The van der Waals surface area contributed by atoms with Crippen molar-refractivity contribution >= 4 is 21.4 Å². The first-order valence-corrected chi connectivity index (χ1v) is 8.40. The van der Waals surface area contributed by atoms with Crippen LogP contribution in [0.15, 0.2) is 23.1 Å². The fourth-order valence-corrected chi connectivity index (χ4v) is 2.69. The van der Waals surface area contributed by atoms with Crippen molar-refractivity contribution in [3.63, 3.8) is 0 Å². The van der Waals surface area contributed by atoms with Crippen LogP contribution >= 0.6 is 0 Å². The molecule has 0 fully saturated rings. The Hall–Kier alpha value is -1.71. The summed E-state index contributed by atoms with van der Waals surface area (Å²) in [6.07, 6.45) is 1.01. The highest BCUT2D eigenvalue weighted by atomic mass is 32.2. The number of nitrogens with one attached hydrogen (secondary N) is 2. The van der Waals surface area contributed by atoms with E-state index in [0.717, 1.165) is 23.3 Å². The Bertz CT molecular complexity index is 616. The minimum absolute atomic E-state index is 0.0983. The zero-order valence-electron chi connectivity index (χ0n) is 13.0. The molecule has 1 aromatic rings. The largest absolute Gasteiger partial charge is 0.378 e. The number of nitro groups is 1. The van der Waals surface area contributed by atoms with Gasteiger partial charge in [0.2, 0.25) is 10.0 Å². The number of rotatable bonds is 9. The van der Waals surface area contributed by atoms with Gasteiger partial charge in [-0.15, -0.1) is 0 Å². The predicted molar refractivity (Wildman–Crippen MR) is 85.6 cm³/mol. The van der Waals surface area contributed by atoms with Gasteiger partial charge >= 0.3 is 0 Å². The third kappa shape index (κ3) is 4.65. The zero-order chi connectivity index (χ0) is 16.8. The Balaban J connectivity index is 2.94. The highest BCUT2D eigenvalue weighted by Crippen LogP contribution is 2.28. The summed E-state index contributed by atoms with van der Waals surface area (Å²) in [6, 6.07) is 3.87. The van der Waals surface area contributed by atoms with Crippen LogP contribution in [0, 0.1) is 10.1 Å². The highest BCUT2D eigenvalue weighted by Gasteiger charge is 2.22. The molecular formula is C13H22N4O4S. The molecule has 0 atom stereocenters. The van der Waals surface area contributed by atoms with E-state index in [-0.39, 0.29) is 10.6 Å². The van der Waals surface area contributed by atoms with Crippen molar-refractivity contribution in [1.29, 1.82) is 0 Å². The first kappa shape index (κ1) is 18.3. The molecule has 0 aliphatic carbocycles. The molecule has 0 aliphatic rings. The first-order chi connectivity index (χ1) is 10.3. The molecular weight excluding hydrogens is 308 g/mol. The van der Waals surface area contributed by atoms with E-state index in [4.69, 9.17) is 0 Å². The maximum atomic E-state index is 12.0. The van der Waals surface area contributed by atoms with Crippen molar-refractivity contribution in [3.8, 4) is 0 Å². The van der Waals surface area contributed by atoms with Crippen LogP contribution in [-0.4, -0.2) is 51.4 Å². The summed E-state index contributed by atoms with van der Waals surface area (Å²) >= 11 is 0. The van der Waals surface area contributed by atoms with Crippen LogP contribution in [0.4, 0.5) is 11.4 Å². The Labute approximate surface area is 130 Å². The second-order valence-corrected chi connectivity index (χ2v) is 7.05. The van der Waals surface area contributed by atoms with Crippen LogP contribution in [0.25, 0.3) is 0 Å². The summed E-state index contributed by atoms with van der Waals surface area (Å²) in [5.41, 5.74) is 0.0550. The van der Waals surface area contributed by atoms with Crippen LogP contribution in [0.5, 0.6) is 0 Å².